The summed E-state index contributed by atoms with van der Waals surface area (Å²) < 4.78 is 26.8. The molecule has 0 radical (unpaired) electrons. The van der Waals surface area contributed by atoms with E-state index in [1.165, 1.54) is 0 Å². The Labute approximate surface area is 65.4 Å². The van der Waals surface area contributed by atoms with Crippen LogP contribution in [0.1, 0.15) is 0 Å². The third kappa shape index (κ3) is 2.75. The molecule has 0 heterocycles. The van der Waals surface area contributed by atoms with Crippen LogP contribution in [0.25, 0.3) is 0 Å². The second kappa shape index (κ2) is 4.42. The van der Waals surface area contributed by atoms with Gasteiger partial charge < -0.3 is 8.38 Å². The maximum Gasteiger partial charge on any atom is 0.286 e. The van der Waals surface area contributed by atoms with Gasteiger partial charge in [-0.05, 0) is 0 Å². The lowest BCUT2D eigenvalue weighted by atomic mass is 11.5. The summed E-state index contributed by atoms with van der Waals surface area (Å²) in [5.74, 6) is 0. The van der Waals surface area contributed by atoms with E-state index in [9.17, 15) is 8.76 Å². The van der Waals surface area contributed by atoms with Gasteiger partial charge in [-0.2, -0.15) is 4.02 Å². The summed E-state index contributed by atoms with van der Waals surface area (Å²) in [6, 6.07) is 0. The molecule has 0 aliphatic rings. The van der Waals surface area contributed by atoms with Crippen LogP contribution >= 0.6 is 32.4 Å². The van der Waals surface area contributed by atoms with Crippen molar-refractivity contribution in [2.75, 3.05) is 0 Å². The number of halogens is 2. The highest BCUT2D eigenvalue weighted by Gasteiger charge is 1.94. The first-order chi connectivity index (χ1) is 3.72. The molecule has 7 heteroatoms. The van der Waals surface area contributed by atoms with Crippen LogP contribution in [0.5, 0.6) is 0 Å². The Kier molecular flexibility index (Phi) is 4.72. The lowest BCUT2D eigenvalue weighted by Gasteiger charge is -2.00. The summed E-state index contributed by atoms with van der Waals surface area (Å²) in [6.45, 7) is 0. The van der Waals surface area contributed by atoms with E-state index in [0.717, 1.165) is 0 Å². The van der Waals surface area contributed by atoms with Crippen molar-refractivity contribution in [1.29, 1.82) is 0 Å². The highest BCUT2D eigenvalue weighted by atomic mass is 79.9. The van der Waals surface area contributed by atoms with E-state index in [2.05, 4.69) is 40.3 Å². The molecule has 1 atom stereocenters. The Morgan fingerprint density at radius 1 is 1.88 bits per heavy atom. The Bertz CT molecular complexity index is 124. The van der Waals surface area contributed by atoms with E-state index in [1.807, 2.05) is 0 Å². The van der Waals surface area contributed by atoms with Crippen molar-refractivity contribution < 1.29 is 12.6 Å². The van der Waals surface area contributed by atoms with Crippen LogP contribution in [-0.4, -0.2) is 14.0 Å². The molecular weight excluding hydrogens is 266 g/mol. The lowest BCUT2D eigenvalue weighted by molar-refractivity contribution is 0.539. The summed E-state index contributed by atoms with van der Waals surface area (Å²) in [5.41, 5.74) is 0. The predicted octanol–water partition coefficient (Wildman–Crippen LogP) is 0.858. The van der Waals surface area contributed by atoms with E-state index in [4.69, 9.17) is 0 Å². The van der Waals surface area contributed by atoms with Gasteiger partial charge in [0.2, 0.25) is 0 Å². The summed E-state index contributed by atoms with van der Waals surface area (Å²) in [5, 5.41) is -0.440. The van der Waals surface area contributed by atoms with E-state index < -0.39 is 16.3 Å². The van der Waals surface area contributed by atoms with Gasteiger partial charge in [0.1, 0.15) is 0 Å². The number of hydrogen-bond donors (Lipinski definition) is 0. The molecule has 0 aliphatic heterocycles. The largest absolute Gasteiger partial charge is 0.765 e. The van der Waals surface area contributed by atoms with Crippen LogP contribution in [0.2, 0.25) is 0 Å². The molecular formula is CBr2NO3S-. The fraction of sp³-hybridized carbons (Fsp3) is 0. The molecule has 8 heavy (non-hydrogen) atoms. The van der Waals surface area contributed by atoms with Gasteiger partial charge in [-0.15, -0.1) is 0 Å². The van der Waals surface area contributed by atoms with Gasteiger partial charge in [-0.25, -0.2) is 0 Å². The first kappa shape index (κ1) is 8.54. The Hall–Kier alpha value is 0.540. The van der Waals surface area contributed by atoms with E-state index >= 15 is 0 Å². The zero-order valence-corrected chi connectivity index (χ0v) is 7.32. The highest BCUT2D eigenvalue weighted by Crippen LogP contribution is 1.96. The number of rotatable bonds is 0. The first-order valence-electron chi connectivity index (χ1n) is 1.29. The predicted molar refractivity (Wildman–Crippen MR) is 35.3 cm³/mol. The van der Waals surface area contributed by atoms with E-state index in [0.29, 0.717) is 0 Å². The molecule has 0 aromatic heterocycles. The standard InChI is InChI=1S/CHBr2NO3S/c2-4-1(7-3)8(5)6/h(H,5,6)/p-1/b4-1+. The van der Waals surface area contributed by atoms with Gasteiger partial charge in [-0.3, -0.25) is 4.21 Å². The molecule has 4 nitrogen and oxygen atoms in total. The van der Waals surface area contributed by atoms with Crippen LogP contribution in [0.3, 0.4) is 0 Å². The molecule has 0 amide bonds. The number of nitrogens with zero attached hydrogens (tertiary/aromatic N) is 1. The molecule has 0 rings (SSSR count). The van der Waals surface area contributed by atoms with Crippen LogP contribution in [0, 0.1) is 0 Å². The minimum Gasteiger partial charge on any atom is -0.765 e. The summed E-state index contributed by atoms with van der Waals surface area (Å²) in [4.78, 5) is 0. The molecule has 0 saturated carbocycles. The van der Waals surface area contributed by atoms with Crippen LogP contribution in [0.15, 0.2) is 4.02 Å². The smallest absolute Gasteiger partial charge is 0.286 e. The minimum atomic E-state index is -2.42. The van der Waals surface area contributed by atoms with E-state index in [1.54, 1.807) is 0 Å². The molecule has 0 spiro atoms. The van der Waals surface area contributed by atoms with Crippen molar-refractivity contribution in [1.82, 2.24) is 0 Å². The van der Waals surface area contributed by atoms with Crippen LogP contribution in [-0.2, 0) is 14.9 Å². The summed E-state index contributed by atoms with van der Waals surface area (Å²) in [6.07, 6.45) is 0. The third-order valence-corrected chi connectivity index (χ3v) is 1.82. The molecule has 0 aliphatic carbocycles. The summed E-state index contributed by atoms with van der Waals surface area (Å²) in [7, 11) is 0. The summed E-state index contributed by atoms with van der Waals surface area (Å²) >= 11 is 2.52. The second-order valence-electron chi connectivity index (χ2n) is 0.662. The van der Waals surface area contributed by atoms with Gasteiger partial charge in [0.25, 0.3) is 5.23 Å². The zero-order valence-electron chi connectivity index (χ0n) is 3.34. The molecule has 48 valence electrons. The molecule has 0 fully saturated rings. The maximum absolute atomic E-state index is 9.85. The molecule has 0 aromatic rings. The minimum absolute atomic E-state index is 0.440. The molecule has 0 aromatic carbocycles. The Morgan fingerprint density at radius 3 is 2.38 bits per heavy atom. The Balaban J connectivity index is 3.92. The average molecular weight is 266 g/mol. The SMILES string of the molecule is O=S([O-])/C(=N/Br)OBr. The van der Waals surface area contributed by atoms with Crippen molar-refractivity contribution in [3.63, 3.8) is 0 Å². The monoisotopic (exact) mass is 264 g/mol. The highest BCUT2D eigenvalue weighted by molar-refractivity contribution is 9.08. The van der Waals surface area contributed by atoms with Crippen LogP contribution in [0.4, 0.5) is 0 Å². The molecule has 0 saturated heterocycles. The van der Waals surface area contributed by atoms with Crippen molar-refractivity contribution in [3.05, 3.63) is 0 Å². The van der Waals surface area contributed by atoms with Gasteiger partial charge in [0.05, 0.1) is 16.1 Å². The van der Waals surface area contributed by atoms with Crippen molar-refractivity contribution in [3.8, 4) is 0 Å². The fourth-order valence-electron chi connectivity index (χ4n) is 0.0669. The van der Waals surface area contributed by atoms with Crippen molar-refractivity contribution >= 4 is 48.7 Å². The molecule has 0 N–H and O–H groups in total. The van der Waals surface area contributed by atoms with Gasteiger partial charge in [0, 0.05) is 11.1 Å². The topological polar surface area (TPSA) is 61.7 Å². The van der Waals surface area contributed by atoms with Gasteiger partial charge in [0.15, 0.2) is 16.3 Å². The van der Waals surface area contributed by atoms with Crippen LogP contribution < -0.4 is 0 Å². The normalized spacial score (nSPS) is 15.6. The fourth-order valence-corrected chi connectivity index (χ4v) is 1.19. The molecule has 0 bridgehead atoms. The van der Waals surface area contributed by atoms with E-state index in [-0.39, 0.29) is 0 Å². The number of hydrogen-bond acceptors (Lipinski definition) is 4. The zero-order chi connectivity index (χ0) is 6.57. The maximum atomic E-state index is 9.85. The second-order valence-corrected chi connectivity index (χ2v) is 2.16. The average Bonchev–Trinajstić information content (AvgIpc) is 1.69. The van der Waals surface area contributed by atoms with Gasteiger partial charge in [-0.1, -0.05) is 0 Å². The lowest BCUT2D eigenvalue weighted by Crippen LogP contribution is -2.03. The first-order valence-corrected chi connectivity index (χ1v) is 3.72. The Morgan fingerprint density at radius 2 is 2.38 bits per heavy atom. The molecule has 1 unspecified atom stereocenters. The third-order valence-electron chi connectivity index (χ3n) is 0.278. The van der Waals surface area contributed by atoms with Crippen molar-refractivity contribution in [2.45, 2.75) is 0 Å². The van der Waals surface area contributed by atoms with Crippen molar-refractivity contribution in [2.24, 2.45) is 4.02 Å². The van der Waals surface area contributed by atoms with Gasteiger partial charge >= 0.3 is 0 Å². The quantitative estimate of drug-likeness (QED) is 0.371.